The van der Waals surface area contributed by atoms with Gasteiger partial charge in [-0.3, -0.25) is 19.6 Å². The Morgan fingerprint density at radius 1 is 0.868 bits per heavy atom. The Balaban J connectivity index is 1.44. The van der Waals surface area contributed by atoms with Crippen LogP contribution in [0.4, 0.5) is 17.1 Å². The van der Waals surface area contributed by atoms with Crippen molar-refractivity contribution < 1.29 is 14.3 Å². The number of nitrogens with zero attached hydrogens (tertiary/aromatic N) is 5. The van der Waals surface area contributed by atoms with Crippen LogP contribution in [0.5, 0.6) is 5.75 Å². The van der Waals surface area contributed by atoms with Crippen molar-refractivity contribution in [1.29, 1.82) is 0 Å². The smallest absolute Gasteiger partial charge is 0.242 e. The van der Waals surface area contributed by atoms with Crippen molar-refractivity contribution in [1.82, 2.24) is 9.97 Å². The molecule has 1 aliphatic rings. The molecule has 0 spiro atoms. The molecule has 1 aromatic carbocycles. The lowest BCUT2D eigenvalue weighted by atomic mass is 9.90. The Labute approximate surface area is 225 Å². The van der Waals surface area contributed by atoms with Crippen molar-refractivity contribution >= 4 is 28.9 Å². The molecule has 8 nitrogen and oxygen atoms in total. The van der Waals surface area contributed by atoms with Crippen LogP contribution in [0.15, 0.2) is 67.3 Å². The van der Waals surface area contributed by atoms with Gasteiger partial charge in [0.25, 0.3) is 0 Å². The molecular formula is C30H37N5O3. The predicted octanol–water partition coefficient (Wildman–Crippen LogP) is 4.74. The summed E-state index contributed by atoms with van der Waals surface area (Å²) >= 11 is 0. The van der Waals surface area contributed by atoms with Gasteiger partial charge in [0.15, 0.2) is 0 Å². The number of anilines is 3. The molecule has 8 heteroatoms. The van der Waals surface area contributed by atoms with Gasteiger partial charge in [0.05, 0.1) is 18.0 Å². The zero-order valence-electron chi connectivity index (χ0n) is 22.8. The topological polar surface area (TPSA) is 78.9 Å². The number of hydrogen-bond donors (Lipinski definition) is 0. The number of carbonyl (C=O) groups is 2. The second-order valence-corrected chi connectivity index (χ2v) is 9.88. The highest BCUT2D eigenvalue weighted by molar-refractivity contribution is 6.20. The number of hydrogen-bond acceptors (Lipinski definition) is 6. The molecule has 0 N–H and O–H groups in total. The van der Waals surface area contributed by atoms with E-state index in [4.69, 9.17) is 4.74 Å². The lowest BCUT2D eigenvalue weighted by molar-refractivity contribution is -0.137. The first-order chi connectivity index (χ1) is 18.4. The molecule has 0 atom stereocenters. The van der Waals surface area contributed by atoms with Gasteiger partial charge in [0, 0.05) is 62.7 Å². The Morgan fingerprint density at radius 2 is 1.58 bits per heavy atom. The summed E-state index contributed by atoms with van der Waals surface area (Å²) in [5.74, 6) is 0.309. The zero-order valence-corrected chi connectivity index (χ0v) is 22.8. The van der Waals surface area contributed by atoms with Crippen molar-refractivity contribution in [3.63, 3.8) is 0 Å². The zero-order chi connectivity index (χ0) is 27.1. The van der Waals surface area contributed by atoms with E-state index in [0.717, 1.165) is 37.3 Å². The maximum absolute atomic E-state index is 13.3. The fourth-order valence-electron chi connectivity index (χ4n) is 4.83. The molecule has 200 valence electrons. The van der Waals surface area contributed by atoms with Crippen LogP contribution >= 0.6 is 0 Å². The minimum absolute atomic E-state index is 0.182. The number of pyridine rings is 2. The van der Waals surface area contributed by atoms with E-state index in [0.29, 0.717) is 31.1 Å². The van der Waals surface area contributed by atoms with E-state index in [9.17, 15) is 9.59 Å². The third-order valence-corrected chi connectivity index (χ3v) is 6.98. The van der Waals surface area contributed by atoms with Crippen LogP contribution in [0, 0.1) is 5.41 Å². The molecule has 0 saturated carbocycles. The summed E-state index contributed by atoms with van der Waals surface area (Å²) in [5.41, 5.74) is 2.65. The summed E-state index contributed by atoms with van der Waals surface area (Å²) in [6.45, 7) is 10.4. The van der Waals surface area contributed by atoms with Crippen molar-refractivity contribution in [2.45, 2.75) is 40.5 Å². The largest absolute Gasteiger partial charge is 0.493 e. The van der Waals surface area contributed by atoms with Crippen LogP contribution in [-0.4, -0.2) is 54.6 Å². The van der Waals surface area contributed by atoms with Gasteiger partial charge in [-0.05, 0) is 76.4 Å². The van der Waals surface area contributed by atoms with Gasteiger partial charge in [-0.15, -0.1) is 0 Å². The van der Waals surface area contributed by atoms with Crippen LogP contribution in [0.3, 0.4) is 0 Å². The Morgan fingerprint density at radius 3 is 2.24 bits per heavy atom. The Hall–Kier alpha value is -3.94. The summed E-state index contributed by atoms with van der Waals surface area (Å²) in [4.78, 5) is 40.6. The molecular weight excluding hydrogens is 478 g/mol. The molecule has 0 saturated heterocycles. The summed E-state index contributed by atoms with van der Waals surface area (Å²) < 4.78 is 6.15. The molecule has 3 aromatic rings. The lowest BCUT2D eigenvalue weighted by Gasteiger charge is -2.27. The first-order valence-corrected chi connectivity index (χ1v) is 13.3. The van der Waals surface area contributed by atoms with E-state index >= 15 is 0 Å². The monoisotopic (exact) mass is 515 g/mol. The van der Waals surface area contributed by atoms with Gasteiger partial charge in [0.2, 0.25) is 11.8 Å². The molecule has 0 fully saturated rings. The molecule has 2 aromatic heterocycles. The fourth-order valence-corrected chi connectivity index (χ4v) is 4.83. The van der Waals surface area contributed by atoms with Crippen LogP contribution in [0.2, 0.25) is 0 Å². The van der Waals surface area contributed by atoms with Gasteiger partial charge in [-0.2, -0.15) is 0 Å². The molecule has 1 aliphatic heterocycles. The van der Waals surface area contributed by atoms with Gasteiger partial charge >= 0.3 is 0 Å². The fraction of sp³-hybridized carbons (Fsp3) is 0.400. The SMILES string of the molecule is CCN1C(=O)C(C)(C)C(=O)N(CC)c2cc(OCCCN(CCc3cccnc3)c3ccncc3)ccc21. The molecule has 3 heterocycles. The van der Waals surface area contributed by atoms with Crippen LogP contribution < -0.4 is 19.4 Å². The lowest BCUT2D eigenvalue weighted by Crippen LogP contribution is -2.48. The first kappa shape index (κ1) is 27.1. The number of carbonyl (C=O) groups excluding carboxylic acids is 2. The molecule has 0 unspecified atom stereocenters. The van der Waals surface area contributed by atoms with E-state index in [1.807, 2.05) is 68.8 Å². The summed E-state index contributed by atoms with van der Waals surface area (Å²) in [7, 11) is 0. The third-order valence-electron chi connectivity index (χ3n) is 6.98. The maximum atomic E-state index is 13.3. The number of rotatable bonds is 11. The summed E-state index contributed by atoms with van der Waals surface area (Å²) in [6.07, 6.45) is 9.03. The van der Waals surface area contributed by atoms with Crippen LogP contribution in [0.1, 0.15) is 39.7 Å². The second kappa shape index (κ2) is 12.1. The average molecular weight is 516 g/mol. The minimum Gasteiger partial charge on any atom is -0.493 e. The molecule has 0 aliphatic carbocycles. The van der Waals surface area contributed by atoms with E-state index < -0.39 is 5.41 Å². The van der Waals surface area contributed by atoms with Crippen molar-refractivity contribution in [2.24, 2.45) is 5.41 Å². The molecule has 4 rings (SSSR count). The standard InChI is InChI=1S/C30H37N5O3/c1-5-34-26-11-10-25(21-27(26)35(6-2)29(37)30(3,4)28(34)36)38-20-8-18-33(24-12-16-31-17-13-24)19-14-23-9-7-15-32-22-23/h7,9-13,15-17,21-22H,5-6,8,14,18-20H2,1-4H3. The van der Waals surface area contributed by atoms with E-state index in [-0.39, 0.29) is 11.8 Å². The highest BCUT2D eigenvalue weighted by Gasteiger charge is 2.45. The molecule has 0 radical (unpaired) electrons. The maximum Gasteiger partial charge on any atom is 0.242 e. The van der Waals surface area contributed by atoms with Gasteiger partial charge in [-0.25, -0.2) is 0 Å². The van der Waals surface area contributed by atoms with Crippen LogP contribution in [0.25, 0.3) is 0 Å². The van der Waals surface area contributed by atoms with Crippen molar-refractivity contribution in [3.05, 3.63) is 72.8 Å². The molecule has 38 heavy (non-hydrogen) atoms. The average Bonchev–Trinajstić information content (AvgIpc) is 3.00. The highest BCUT2D eigenvalue weighted by Crippen LogP contribution is 2.40. The van der Waals surface area contributed by atoms with Crippen molar-refractivity contribution in [2.75, 3.05) is 47.5 Å². The second-order valence-electron chi connectivity index (χ2n) is 9.88. The highest BCUT2D eigenvalue weighted by atomic mass is 16.5. The predicted molar refractivity (Wildman–Crippen MR) is 151 cm³/mol. The van der Waals surface area contributed by atoms with E-state index in [1.165, 1.54) is 5.56 Å². The summed E-state index contributed by atoms with van der Waals surface area (Å²) in [6, 6.07) is 13.8. The third kappa shape index (κ3) is 5.79. The molecule has 0 bridgehead atoms. The Bertz CT molecular complexity index is 1230. The number of aromatic nitrogens is 2. The van der Waals surface area contributed by atoms with Gasteiger partial charge < -0.3 is 19.4 Å². The Kier molecular flexibility index (Phi) is 8.61. The number of amides is 2. The summed E-state index contributed by atoms with van der Waals surface area (Å²) in [5, 5.41) is 0. The van der Waals surface area contributed by atoms with Crippen molar-refractivity contribution in [3.8, 4) is 5.75 Å². The van der Waals surface area contributed by atoms with Gasteiger partial charge in [-0.1, -0.05) is 6.07 Å². The number of fused-ring (bicyclic) bond motifs is 1. The van der Waals surface area contributed by atoms with Gasteiger partial charge in [0.1, 0.15) is 11.2 Å². The number of benzene rings is 1. The van der Waals surface area contributed by atoms with Crippen LogP contribution in [-0.2, 0) is 16.0 Å². The number of ether oxygens (including phenoxy) is 1. The minimum atomic E-state index is -1.13. The van der Waals surface area contributed by atoms with E-state index in [2.05, 4.69) is 20.9 Å². The quantitative estimate of drug-likeness (QED) is 0.271. The molecule has 2 amide bonds. The van der Waals surface area contributed by atoms with E-state index in [1.54, 1.807) is 29.8 Å². The first-order valence-electron chi connectivity index (χ1n) is 13.3. The normalized spacial score (nSPS) is 14.7.